The molecule has 0 spiro atoms. The molecule has 0 saturated heterocycles. The van der Waals surface area contributed by atoms with Gasteiger partial charge in [0, 0.05) is 25.1 Å². The van der Waals surface area contributed by atoms with E-state index in [9.17, 15) is 0 Å². The summed E-state index contributed by atoms with van der Waals surface area (Å²) in [5.74, 6) is 0.897. The van der Waals surface area contributed by atoms with Crippen LogP contribution in [0.5, 0.6) is 5.75 Å². The zero-order valence-electron chi connectivity index (χ0n) is 12.0. The molecular formula is C16H21NO2S. The first-order valence-electron chi connectivity index (χ1n) is 6.74. The van der Waals surface area contributed by atoms with E-state index in [1.807, 2.05) is 24.3 Å². The maximum Gasteiger partial charge on any atom is 0.119 e. The maximum absolute atomic E-state index is 5.73. The Balaban J connectivity index is 1.68. The zero-order valence-corrected chi connectivity index (χ0v) is 12.8. The average Bonchev–Trinajstić information content (AvgIpc) is 2.85. The van der Waals surface area contributed by atoms with Gasteiger partial charge >= 0.3 is 0 Å². The van der Waals surface area contributed by atoms with Crippen molar-refractivity contribution in [2.24, 2.45) is 0 Å². The van der Waals surface area contributed by atoms with Gasteiger partial charge in [0.25, 0.3) is 0 Å². The lowest BCUT2D eigenvalue weighted by molar-refractivity contribution is 0.184. The summed E-state index contributed by atoms with van der Waals surface area (Å²) in [7, 11) is 1.70. The minimum absolute atomic E-state index is 0.618. The Morgan fingerprint density at radius 2 is 2.15 bits per heavy atom. The molecule has 0 aliphatic carbocycles. The topological polar surface area (TPSA) is 30.5 Å². The standard InChI is InChI=1S/C16H21NO2S/c1-13-6-9-20-16(13)11-17-7-8-19-15-5-3-4-14(10-15)12-18-2/h3-6,9-10,17H,7-8,11-12H2,1-2H3. The summed E-state index contributed by atoms with van der Waals surface area (Å²) in [6, 6.07) is 10.2. The molecule has 0 unspecified atom stereocenters. The molecule has 1 heterocycles. The van der Waals surface area contributed by atoms with Crippen molar-refractivity contribution in [2.75, 3.05) is 20.3 Å². The van der Waals surface area contributed by atoms with E-state index in [2.05, 4.69) is 23.7 Å². The SMILES string of the molecule is COCc1cccc(OCCNCc2sccc2C)c1. The van der Waals surface area contributed by atoms with Crippen LogP contribution in [0.3, 0.4) is 0 Å². The Bertz CT molecular complexity index is 525. The molecule has 108 valence electrons. The Morgan fingerprint density at radius 1 is 1.25 bits per heavy atom. The van der Waals surface area contributed by atoms with Crippen molar-refractivity contribution in [3.8, 4) is 5.75 Å². The van der Waals surface area contributed by atoms with Gasteiger partial charge in [0.15, 0.2) is 0 Å². The number of aryl methyl sites for hydroxylation is 1. The van der Waals surface area contributed by atoms with Crippen molar-refractivity contribution < 1.29 is 9.47 Å². The van der Waals surface area contributed by atoms with Gasteiger partial charge in [-0.3, -0.25) is 0 Å². The van der Waals surface area contributed by atoms with Crippen LogP contribution in [0.2, 0.25) is 0 Å². The number of ether oxygens (including phenoxy) is 2. The molecule has 2 rings (SSSR count). The van der Waals surface area contributed by atoms with Crippen LogP contribution >= 0.6 is 11.3 Å². The number of hydrogen-bond acceptors (Lipinski definition) is 4. The minimum atomic E-state index is 0.618. The quantitative estimate of drug-likeness (QED) is 0.756. The smallest absolute Gasteiger partial charge is 0.119 e. The molecule has 1 aromatic heterocycles. The van der Waals surface area contributed by atoms with Crippen LogP contribution in [-0.4, -0.2) is 20.3 Å². The molecule has 20 heavy (non-hydrogen) atoms. The van der Waals surface area contributed by atoms with Crippen LogP contribution < -0.4 is 10.1 Å². The van der Waals surface area contributed by atoms with Crippen LogP contribution in [0.1, 0.15) is 16.0 Å². The third-order valence-corrected chi connectivity index (χ3v) is 4.03. The van der Waals surface area contributed by atoms with Crippen molar-refractivity contribution in [2.45, 2.75) is 20.1 Å². The summed E-state index contributed by atoms with van der Waals surface area (Å²) in [5.41, 5.74) is 2.49. The molecule has 2 aromatic rings. The molecule has 0 fully saturated rings. The average molecular weight is 291 g/mol. The van der Waals surface area contributed by atoms with Crippen molar-refractivity contribution in [3.05, 3.63) is 51.7 Å². The second-order valence-electron chi connectivity index (χ2n) is 4.63. The summed E-state index contributed by atoms with van der Waals surface area (Å²) in [6.45, 7) is 5.18. The zero-order chi connectivity index (χ0) is 14.2. The van der Waals surface area contributed by atoms with Gasteiger partial charge in [0.1, 0.15) is 12.4 Å². The molecule has 4 heteroatoms. The van der Waals surface area contributed by atoms with Gasteiger partial charge in [-0.2, -0.15) is 0 Å². The van der Waals surface area contributed by atoms with Crippen LogP contribution in [0.25, 0.3) is 0 Å². The van der Waals surface area contributed by atoms with E-state index < -0.39 is 0 Å². The number of hydrogen-bond donors (Lipinski definition) is 1. The minimum Gasteiger partial charge on any atom is -0.492 e. The molecule has 0 amide bonds. The number of thiophene rings is 1. The van der Waals surface area contributed by atoms with Crippen molar-refractivity contribution >= 4 is 11.3 Å². The summed E-state index contributed by atoms with van der Waals surface area (Å²) in [5, 5.41) is 5.53. The highest BCUT2D eigenvalue weighted by atomic mass is 32.1. The summed E-state index contributed by atoms with van der Waals surface area (Å²) in [6.07, 6.45) is 0. The molecular weight excluding hydrogens is 270 g/mol. The van der Waals surface area contributed by atoms with E-state index in [1.165, 1.54) is 10.4 Å². The Kier molecular flexibility index (Phi) is 6.05. The van der Waals surface area contributed by atoms with E-state index in [1.54, 1.807) is 18.4 Å². The van der Waals surface area contributed by atoms with E-state index in [0.29, 0.717) is 13.2 Å². The van der Waals surface area contributed by atoms with Crippen molar-refractivity contribution in [1.82, 2.24) is 5.32 Å². The van der Waals surface area contributed by atoms with Gasteiger partial charge < -0.3 is 14.8 Å². The van der Waals surface area contributed by atoms with Gasteiger partial charge in [0.2, 0.25) is 0 Å². The Morgan fingerprint density at radius 3 is 2.90 bits per heavy atom. The van der Waals surface area contributed by atoms with E-state index in [-0.39, 0.29) is 0 Å². The van der Waals surface area contributed by atoms with E-state index in [0.717, 1.165) is 24.4 Å². The van der Waals surface area contributed by atoms with Gasteiger partial charge in [-0.15, -0.1) is 11.3 Å². The Hall–Kier alpha value is -1.36. The number of benzene rings is 1. The molecule has 0 saturated carbocycles. The fraction of sp³-hybridized carbons (Fsp3) is 0.375. The molecule has 0 atom stereocenters. The van der Waals surface area contributed by atoms with Crippen LogP contribution in [0.15, 0.2) is 35.7 Å². The van der Waals surface area contributed by atoms with E-state index >= 15 is 0 Å². The Labute approximate surface area is 124 Å². The second kappa shape index (κ2) is 8.04. The molecule has 1 N–H and O–H groups in total. The van der Waals surface area contributed by atoms with Gasteiger partial charge in [-0.25, -0.2) is 0 Å². The molecule has 0 bridgehead atoms. The van der Waals surface area contributed by atoms with Gasteiger partial charge in [-0.05, 0) is 41.6 Å². The van der Waals surface area contributed by atoms with E-state index in [4.69, 9.17) is 9.47 Å². The van der Waals surface area contributed by atoms with Crippen LogP contribution in [0.4, 0.5) is 0 Å². The molecule has 3 nitrogen and oxygen atoms in total. The fourth-order valence-electron chi connectivity index (χ4n) is 1.92. The molecule has 0 aliphatic heterocycles. The number of methoxy groups -OCH3 is 1. The lowest BCUT2D eigenvalue weighted by atomic mass is 10.2. The highest BCUT2D eigenvalue weighted by molar-refractivity contribution is 7.10. The third-order valence-electron chi connectivity index (χ3n) is 3.01. The largest absolute Gasteiger partial charge is 0.492 e. The fourth-order valence-corrected chi connectivity index (χ4v) is 2.80. The normalized spacial score (nSPS) is 10.7. The summed E-state index contributed by atoms with van der Waals surface area (Å²) >= 11 is 1.79. The highest BCUT2D eigenvalue weighted by Crippen LogP contribution is 2.15. The third kappa shape index (κ3) is 4.63. The summed E-state index contributed by atoms with van der Waals surface area (Å²) in [4.78, 5) is 1.40. The lowest BCUT2D eigenvalue weighted by Gasteiger charge is -2.08. The van der Waals surface area contributed by atoms with Crippen molar-refractivity contribution in [3.63, 3.8) is 0 Å². The van der Waals surface area contributed by atoms with Gasteiger partial charge in [-0.1, -0.05) is 12.1 Å². The predicted octanol–water partition coefficient (Wildman–Crippen LogP) is 3.37. The molecule has 1 aromatic carbocycles. The van der Waals surface area contributed by atoms with Crippen molar-refractivity contribution in [1.29, 1.82) is 0 Å². The molecule has 0 radical (unpaired) electrons. The first-order valence-corrected chi connectivity index (χ1v) is 7.62. The monoisotopic (exact) mass is 291 g/mol. The lowest BCUT2D eigenvalue weighted by Crippen LogP contribution is -2.20. The number of rotatable bonds is 8. The number of nitrogens with one attached hydrogen (secondary N) is 1. The first kappa shape index (κ1) is 15.0. The first-order chi connectivity index (χ1) is 9.79. The van der Waals surface area contributed by atoms with Gasteiger partial charge in [0.05, 0.1) is 6.61 Å². The maximum atomic E-state index is 5.73. The molecule has 0 aliphatic rings. The summed E-state index contributed by atoms with van der Waals surface area (Å²) < 4.78 is 10.8. The van der Waals surface area contributed by atoms with Crippen LogP contribution in [-0.2, 0) is 17.9 Å². The predicted molar refractivity (Wildman–Crippen MR) is 83.4 cm³/mol. The highest BCUT2D eigenvalue weighted by Gasteiger charge is 1.99. The second-order valence-corrected chi connectivity index (χ2v) is 5.63. The van der Waals surface area contributed by atoms with Crippen LogP contribution in [0, 0.1) is 6.92 Å².